The smallest absolute Gasteiger partial charge is 0.306 e. The minimum atomic E-state index is -0.807. The zero-order chi connectivity index (χ0) is 45.8. The minimum absolute atomic E-state index is 0.101. The van der Waals surface area contributed by atoms with Crippen molar-refractivity contribution in [1.82, 2.24) is 0 Å². The van der Waals surface area contributed by atoms with E-state index < -0.39 is 6.10 Å². The van der Waals surface area contributed by atoms with E-state index in [9.17, 15) is 14.4 Å². The summed E-state index contributed by atoms with van der Waals surface area (Å²) in [6, 6.07) is 0. The summed E-state index contributed by atoms with van der Waals surface area (Å²) >= 11 is 0. The molecule has 0 aromatic heterocycles. The first-order chi connectivity index (χ1) is 31.0. The Morgan fingerprint density at radius 3 is 1.05 bits per heavy atom. The quantitative estimate of drug-likeness (QED) is 0.0262. The lowest BCUT2D eigenvalue weighted by atomic mass is 10.1. The third-order valence-electron chi connectivity index (χ3n) is 10.9. The van der Waals surface area contributed by atoms with Gasteiger partial charge in [-0.05, 0) is 89.9 Å². The molecule has 0 heterocycles. The van der Waals surface area contributed by atoms with Gasteiger partial charge >= 0.3 is 17.9 Å². The van der Waals surface area contributed by atoms with Crippen LogP contribution in [0.2, 0.25) is 0 Å². The van der Waals surface area contributed by atoms with Crippen LogP contribution in [0, 0.1) is 0 Å². The average molecular weight is 877 g/mol. The van der Waals surface area contributed by atoms with Crippen molar-refractivity contribution in [2.45, 2.75) is 245 Å². The zero-order valence-corrected chi connectivity index (χ0v) is 41.1. The number of hydrogen-bond donors (Lipinski definition) is 0. The van der Waals surface area contributed by atoms with Crippen LogP contribution < -0.4 is 0 Å². The third-order valence-corrected chi connectivity index (χ3v) is 10.9. The second kappa shape index (κ2) is 51.2. The van der Waals surface area contributed by atoms with Crippen molar-refractivity contribution in [3.8, 4) is 0 Å². The van der Waals surface area contributed by atoms with Gasteiger partial charge in [0.25, 0.3) is 0 Å². The molecule has 6 nitrogen and oxygen atoms in total. The lowest BCUT2D eigenvalue weighted by molar-refractivity contribution is -0.167. The zero-order valence-electron chi connectivity index (χ0n) is 41.1. The van der Waals surface area contributed by atoms with E-state index in [0.717, 1.165) is 89.9 Å². The SMILES string of the molecule is CC/C=C\C/C=C\C/C=C\C/C=C\C/C=C\CCCC(=O)O[C@H](COC(=O)CCCCCCCCC/C=C\C/C=C\CCCCC)COC(=O)CCCCCCCCCCCCC. The van der Waals surface area contributed by atoms with Gasteiger partial charge in [0.05, 0.1) is 0 Å². The normalized spacial score (nSPS) is 12.7. The van der Waals surface area contributed by atoms with Crippen LogP contribution >= 0.6 is 0 Å². The van der Waals surface area contributed by atoms with E-state index >= 15 is 0 Å². The molecule has 0 aromatic rings. The summed E-state index contributed by atoms with van der Waals surface area (Å²) in [7, 11) is 0. The van der Waals surface area contributed by atoms with Gasteiger partial charge in [0.1, 0.15) is 13.2 Å². The van der Waals surface area contributed by atoms with Gasteiger partial charge < -0.3 is 14.2 Å². The Labute approximate surface area is 388 Å². The fourth-order valence-corrected chi connectivity index (χ4v) is 6.98. The molecule has 1 atom stereocenters. The van der Waals surface area contributed by atoms with Crippen LogP contribution in [0.1, 0.15) is 239 Å². The lowest BCUT2D eigenvalue weighted by Crippen LogP contribution is -2.30. The topological polar surface area (TPSA) is 78.9 Å². The number of rotatable bonds is 46. The molecule has 0 bridgehead atoms. The predicted octanol–water partition coefficient (Wildman–Crippen LogP) is 17.2. The summed E-state index contributed by atoms with van der Waals surface area (Å²) in [5, 5.41) is 0. The van der Waals surface area contributed by atoms with Crippen molar-refractivity contribution in [3.63, 3.8) is 0 Å². The molecule has 0 rings (SSSR count). The summed E-state index contributed by atoms with van der Waals surface area (Å²) < 4.78 is 16.7. The molecular formula is C57H96O6. The monoisotopic (exact) mass is 877 g/mol. The van der Waals surface area contributed by atoms with Gasteiger partial charge in [-0.1, -0.05) is 215 Å². The van der Waals surface area contributed by atoms with Crippen molar-refractivity contribution in [2.75, 3.05) is 13.2 Å². The maximum absolute atomic E-state index is 12.8. The van der Waals surface area contributed by atoms with Crippen molar-refractivity contribution >= 4 is 17.9 Å². The highest BCUT2D eigenvalue weighted by Crippen LogP contribution is 2.14. The Bertz CT molecular complexity index is 1240. The first-order valence-electron chi connectivity index (χ1n) is 26.1. The highest BCUT2D eigenvalue weighted by molar-refractivity contribution is 5.71. The molecule has 0 saturated carbocycles. The van der Waals surface area contributed by atoms with Gasteiger partial charge in [0, 0.05) is 19.3 Å². The Balaban J connectivity index is 4.47. The van der Waals surface area contributed by atoms with Gasteiger partial charge in [-0.3, -0.25) is 14.4 Å². The van der Waals surface area contributed by atoms with E-state index in [4.69, 9.17) is 14.2 Å². The Kier molecular flexibility index (Phi) is 48.5. The number of allylic oxidation sites excluding steroid dienone is 14. The summed E-state index contributed by atoms with van der Waals surface area (Å²) in [6.45, 7) is 6.44. The number of carbonyl (C=O) groups is 3. The Morgan fingerprint density at radius 2 is 0.635 bits per heavy atom. The Hall–Kier alpha value is -3.41. The van der Waals surface area contributed by atoms with Crippen LogP contribution in [-0.4, -0.2) is 37.2 Å². The highest BCUT2D eigenvalue weighted by Gasteiger charge is 2.19. The van der Waals surface area contributed by atoms with Gasteiger partial charge in [0.15, 0.2) is 6.10 Å². The molecular weight excluding hydrogens is 781 g/mol. The van der Waals surface area contributed by atoms with Gasteiger partial charge in [-0.25, -0.2) is 0 Å². The van der Waals surface area contributed by atoms with E-state index in [1.165, 1.54) is 103 Å². The van der Waals surface area contributed by atoms with Crippen LogP contribution in [0.25, 0.3) is 0 Å². The molecule has 0 aliphatic rings. The van der Waals surface area contributed by atoms with Crippen LogP contribution in [0.5, 0.6) is 0 Å². The summed E-state index contributed by atoms with van der Waals surface area (Å²) in [4.78, 5) is 37.9. The second-order valence-corrected chi connectivity index (χ2v) is 17.1. The lowest BCUT2D eigenvalue weighted by Gasteiger charge is -2.18. The van der Waals surface area contributed by atoms with Crippen molar-refractivity contribution in [2.24, 2.45) is 0 Å². The van der Waals surface area contributed by atoms with Crippen molar-refractivity contribution < 1.29 is 28.6 Å². The molecule has 0 aromatic carbocycles. The molecule has 0 aliphatic carbocycles. The molecule has 63 heavy (non-hydrogen) atoms. The number of esters is 3. The largest absolute Gasteiger partial charge is 0.462 e. The van der Waals surface area contributed by atoms with E-state index in [-0.39, 0.29) is 37.5 Å². The first kappa shape index (κ1) is 59.6. The number of ether oxygens (including phenoxy) is 3. The summed E-state index contributed by atoms with van der Waals surface area (Å²) in [5.74, 6) is -0.968. The maximum Gasteiger partial charge on any atom is 0.306 e. The average Bonchev–Trinajstić information content (AvgIpc) is 3.28. The molecule has 0 aliphatic heterocycles. The van der Waals surface area contributed by atoms with E-state index in [1.807, 2.05) is 0 Å². The molecule has 0 amide bonds. The van der Waals surface area contributed by atoms with Gasteiger partial charge in [0.2, 0.25) is 0 Å². The van der Waals surface area contributed by atoms with E-state index in [2.05, 4.69) is 106 Å². The summed E-state index contributed by atoms with van der Waals surface area (Å²) in [5.41, 5.74) is 0. The molecule has 6 heteroatoms. The molecule has 0 radical (unpaired) electrons. The minimum Gasteiger partial charge on any atom is -0.462 e. The Morgan fingerprint density at radius 1 is 0.333 bits per heavy atom. The van der Waals surface area contributed by atoms with Crippen molar-refractivity contribution in [1.29, 1.82) is 0 Å². The standard InChI is InChI=1S/C57H96O6/c1-4-7-10-13-16-19-22-24-26-28-30-32-35-38-41-44-47-50-56(59)62-53-54(52-61-55(58)49-46-43-40-37-34-21-18-15-12-9-6-3)63-57(60)51-48-45-42-39-36-33-31-29-27-25-23-20-17-14-11-8-5-2/h8,11,16-17,19-20,24-27,31,33,39,42,54H,4-7,9-10,12-15,18,21-23,28-30,32,34-38,40-41,43-53H2,1-3H3/b11-8-,19-16-,20-17-,26-24-,27-25-,33-31-,42-39-/t54-/m0/s1. The third kappa shape index (κ3) is 49.5. The van der Waals surface area contributed by atoms with Gasteiger partial charge in [-0.2, -0.15) is 0 Å². The first-order valence-corrected chi connectivity index (χ1v) is 26.1. The van der Waals surface area contributed by atoms with Gasteiger partial charge in [-0.15, -0.1) is 0 Å². The molecule has 0 N–H and O–H groups in total. The number of carbonyl (C=O) groups excluding carboxylic acids is 3. The van der Waals surface area contributed by atoms with Crippen LogP contribution in [0.15, 0.2) is 85.1 Å². The fourth-order valence-electron chi connectivity index (χ4n) is 6.98. The number of unbranched alkanes of at least 4 members (excludes halogenated alkanes) is 21. The van der Waals surface area contributed by atoms with Crippen molar-refractivity contribution in [3.05, 3.63) is 85.1 Å². The highest BCUT2D eigenvalue weighted by atomic mass is 16.6. The van der Waals surface area contributed by atoms with Crippen LogP contribution in [-0.2, 0) is 28.6 Å². The van der Waals surface area contributed by atoms with E-state index in [0.29, 0.717) is 19.3 Å². The second-order valence-electron chi connectivity index (χ2n) is 17.1. The maximum atomic E-state index is 12.8. The predicted molar refractivity (Wildman–Crippen MR) is 270 cm³/mol. The molecule has 0 spiro atoms. The molecule has 360 valence electrons. The fraction of sp³-hybridized carbons (Fsp3) is 0.702. The van der Waals surface area contributed by atoms with E-state index in [1.54, 1.807) is 0 Å². The molecule has 0 unspecified atom stereocenters. The summed E-state index contributed by atoms with van der Waals surface area (Å²) in [6.07, 6.45) is 65.7. The molecule has 0 saturated heterocycles. The number of hydrogen-bond acceptors (Lipinski definition) is 6. The molecule has 0 fully saturated rings. The van der Waals surface area contributed by atoms with Crippen LogP contribution in [0.3, 0.4) is 0 Å². The van der Waals surface area contributed by atoms with Crippen LogP contribution in [0.4, 0.5) is 0 Å².